The number of fused-ring (bicyclic) bond motifs is 1. The van der Waals surface area contributed by atoms with Crippen molar-refractivity contribution in [3.8, 4) is 23.0 Å². The second-order valence-corrected chi connectivity index (χ2v) is 9.16. The number of hydrogen-bond donors (Lipinski definition) is 1. The number of ketones is 1. The maximum Gasteiger partial charge on any atom is 0.296 e. The Bertz CT molecular complexity index is 1410. The highest BCUT2D eigenvalue weighted by molar-refractivity contribution is 6.46. The van der Waals surface area contributed by atoms with Gasteiger partial charge in [0.05, 0.1) is 45.2 Å². The summed E-state index contributed by atoms with van der Waals surface area (Å²) >= 11 is 0. The van der Waals surface area contributed by atoms with Crippen LogP contribution in [0.15, 0.2) is 60.3 Å². The summed E-state index contributed by atoms with van der Waals surface area (Å²) in [5.74, 6) is 0.0197. The number of benzene rings is 2. The average molecular weight is 517 g/mol. The minimum Gasteiger partial charge on any atom is -0.507 e. The van der Waals surface area contributed by atoms with Gasteiger partial charge < -0.3 is 29.0 Å². The number of amides is 1. The molecule has 1 aromatic heterocycles. The standard InChI is InChI=1S/C29H28N2O7/c1-16-11-18-12-17(8-9-21(18)38-16)26(32)24-25(19-13-22(35-2)28(37-4)23(14-19)36-3)31(29(34)27(24)33)15-20-7-5-6-10-30-20/h5-10,12-14,16,25,32H,11,15H2,1-4H3/b26-24+. The van der Waals surface area contributed by atoms with Crippen LogP contribution in [0.2, 0.25) is 0 Å². The second kappa shape index (κ2) is 10.1. The van der Waals surface area contributed by atoms with Crippen molar-refractivity contribution in [2.24, 2.45) is 0 Å². The van der Waals surface area contributed by atoms with Crippen LogP contribution in [0.25, 0.3) is 5.76 Å². The monoisotopic (exact) mass is 516 g/mol. The summed E-state index contributed by atoms with van der Waals surface area (Å²) < 4.78 is 22.3. The largest absolute Gasteiger partial charge is 0.507 e. The van der Waals surface area contributed by atoms with Gasteiger partial charge in [0, 0.05) is 18.2 Å². The van der Waals surface area contributed by atoms with E-state index in [-0.39, 0.29) is 24.0 Å². The Labute approximate surface area is 220 Å². The van der Waals surface area contributed by atoms with Gasteiger partial charge in [-0.15, -0.1) is 0 Å². The third kappa shape index (κ3) is 4.30. The van der Waals surface area contributed by atoms with Crippen molar-refractivity contribution in [1.82, 2.24) is 9.88 Å². The maximum absolute atomic E-state index is 13.5. The first-order valence-electron chi connectivity index (χ1n) is 12.1. The minimum atomic E-state index is -0.936. The Kier molecular flexibility index (Phi) is 6.67. The third-order valence-electron chi connectivity index (χ3n) is 6.77. The molecule has 0 bridgehead atoms. The summed E-state index contributed by atoms with van der Waals surface area (Å²) in [6.07, 6.45) is 2.32. The first kappa shape index (κ1) is 25.1. The van der Waals surface area contributed by atoms with Crippen LogP contribution in [0.4, 0.5) is 0 Å². The summed E-state index contributed by atoms with van der Waals surface area (Å²) in [4.78, 5) is 32.6. The molecule has 2 aliphatic heterocycles. The van der Waals surface area contributed by atoms with Crippen LogP contribution in [-0.2, 0) is 22.6 Å². The highest BCUT2D eigenvalue weighted by atomic mass is 16.5. The molecule has 2 aromatic carbocycles. The van der Waals surface area contributed by atoms with E-state index in [0.717, 1.165) is 11.3 Å². The highest BCUT2D eigenvalue weighted by Crippen LogP contribution is 2.46. The van der Waals surface area contributed by atoms with Gasteiger partial charge in [-0.05, 0) is 60.5 Å². The van der Waals surface area contributed by atoms with Crippen molar-refractivity contribution < 1.29 is 33.6 Å². The minimum absolute atomic E-state index is 0.0191. The number of carbonyl (C=O) groups excluding carboxylic acids is 2. The SMILES string of the molecule is COc1cc(C2/C(=C(\O)c3ccc4c(c3)CC(C)O4)C(=O)C(=O)N2Cc2ccccn2)cc(OC)c1OC. The fourth-order valence-electron chi connectivity index (χ4n) is 5.04. The van der Waals surface area contributed by atoms with Crippen LogP contribution in [0, 0.1) is 0 Å². The van der Waals surface area contributed by atoms with Crippen molar-refractivity contribution in [1.29, 1.82) is 0 Å². The van der Waals surface area contributed by atoms with Crippen molar-refractivity contribution in [2.45, 2.75) is 32.0 Å². The van der Waals surface area contributed by atoms with E-state index < -0.39 is 17.7 Å². The third-order valence-corrected chi connectivity index (χ3v) is 6.77. The van der Waals surface area contributed by atoms with Crippen LogP contribution in [0.5, 0.6) is 23.0 Å². The molecule has 9 heteroatoms. The predicted molar refractivity (Wildman–Crippen MR) is 138 cm³/mol. The van der Waals surface area contributed by atoms with Gasteiger partial charge in [0.15, 0.2) is 11.5 Å². The van der Waals surface area contributed by atoms with E-state index in [1.54, 1.807) is 54.7 Å². The number of rotatable bonds is 7. The Morgan fingerprint density at radius 1 is 1.05 bits per heavy atom. The lowest BCUT2D eigenvalue weighted by Gasteiger charge is -2.26. The molecule has 0 saturated carbocycles. The van der Waals surface area contributed by atoms with Gasteiger partial charge in [-0.1, -0.05) is 6.07 Å². The van der Waals surface area contributed by atoms with E-state index in [1.165, 1.54) is 26.2 Å². The van der Waals surface area contributed by atoms with Crippen LogP contribution in [-0.4, -0.2) is 54.1 Å². The Morgan fingerprint density at radius 2 is 1.79 bits per heavy atom. The number of nitrogens with zero attached hydrogens (tertiary/aromatic N) is 2. The topological polar surface area (TPSA) is 107 Å². The van der Waals surface area contributed by atoms with E-state index in [1.807, 2.05) is 6.92 Å². The van der Waals surface area contributed by atoms with Gasteiger partial charge in [-0.3, -0.25) is 14.6 Å². The van der Waals surface area contributed by atoms with E-state index in [0.29, 0.717) is 40.5 Å². The quantitative estimate of drug-likeness (QED) is 0.285. The fraction of sp³-hybridized carbons (Fsp3) is 0.276. The first-order valence-corrected chi connectivity index (χ1v) is 12.1. The number of pyridine rings is 1. The van der Waals surface area contributed by atoms with E-state index in [4.69, 9.17) is 18.9 Å². The molecule has 5 rings (SSSR count). The summed E-state index contributed by atoms with van der Waals surface area (Å²) in [6, 6.07) is 13.0. The zero-order chi connectivity index (χ0) is 27.0. The molecule has 1 fully saturated rings. The molecule has 0 radical (unpaired) electrons. The number of hydrogen-bond acceptors (Lipinski definition) is 8. The van der Waals surface area contributed by atoms with E-state index >= 15 is 0 Å². The Morgan fingerprint density at radius 3 is 2.42 bits per heavy atom. The molecule has 0 spiro atoms. The molecule has 1 amide bonds. The van der Waals surface area contributed by atoms with Crippen molar-refractivity contribution in [2.75, 3.05) is 21.3 Å². The molecular weight excluding hydrogens is 488 g/mol. The van der Waals surface area contributed by atoms with Gasteiger partial charge in [0.25, 0.3) is 11.7 Å². The van der Waals surface area contributed by atoms with Crippen LogP contribution >= 0.6 is 0 Å². The first-order chi connectivity index (χ1) is 18.4. The summed E-state index contributed by atoms with van der Waals surface area (Å²) in [7, 11) is 4.46. The molecule has 0 aliphatic carbocycles. The molecule has 38 heavy (non-hydrogen) atoms. The number of aromatic nitrogens is 1. The number of methoxy groups -OCH3 is 3. The lowest BCUT2D eigenvalue weighted by molar-refractivity contribution is -0.140. The maximum atomic E-state index is 13.5. The number of aliphatic hydroxyl groups excluding tert-OH is 1. The highest BCUT2D eigenvalue weighted by Gasteiger charge is 2.47. The number of carbonyl (C=O) groups is 2. The number of likely N-dealkylation sites (tertiary alicyclic amines) is 1. The predicted octanol–water partition coefficient (Wildman–Crippen LogP) is 4.05. The summed E-state index contributed by atoms with van der Waals surface area (Å²) in [6.45, 7) is 2.02. The summed E-state index contributed by atoms with van der Waals surface area (Å²) in [5, 5.41) is 11.5. The molecule has 3 aromatic rings. The lowest BCUT2D eigenvalue weighted by Crippen LogP contribution is -2.29. The molecule has 2 aliphatic rings. The zero-order valence-corrected chi connectivity index (χ0v) is 21.6. The number of ether oxygens (including phenoxy) is 4. The molecule has 1 saturated heterocycles. The molecule has 2 atom stereocenters. The molecule has 196 valence electrons. The van der Waals surface area contributed by atoms with Crippen molar-refractivity contribution in [3.63, 3.8) is 0 Å². The molecular formula is C29H28N2O7. The van der Waals surface area contributed by atoms with Gasteiger partial charge >= 0.3 is 0 Å². The van der Waals surface area contributed by atoms with Gasteiger partial charge in [-0.2, -0.15) is 0 Å². The zero-order valence-electron chi connectivity index (χ0n) is 21.6. The molecule has 3 heterocycles. The molecule has 9 nitrogen and oxygen atoms in total. The van der Waals surface area contributed by atoms with Gasteiger partial charge in [0.1, 0.15) is 17.6 Å². The smallest absolute Gasteiger partial charge is 0.296 e. The Hall–Kier alpha value is -4.53. The van der Waals surface area contributed by atoms with E-state index in [2.05, 4.69) is 4.98 Å². The average Bonchev–Trinajstić information content (AvgIpc) is 3.43. The Balaban J connectivity index is 1.69. The van der Waals surface area contributed by atoms with Crippen LogP contribution in [0.1, 0.15) is 35.3 Å². The molecule has 2 unspecified atom stereocenters. The van der Waals surface area contributed by atoms with Crippen LogP contribution in [0.3, 0.4) is 0 Å². The van der Waals surface area contributed by atoms with Gasteiger partial charge in [-0.25, -0.2) is 0 Å². The van der Waals surface area contributed by atoms with Crippen molar-refractivity contribution in [3.05, 3.63) is 82.7 Å². The fourth-order valence-corrected chi connectivity index (χ4v) is 5.04. The normalized spacial score (nSPS) is 19.7. The second-order valence-electron chi connectivity index (χ2n) is 9.16. The van der Waals surface area contributed by atoms with Gasteiger partial charge in [0.2, 0.25) is 5.75 Å². The van der Waals surface area contributed by atoms with E-state index in [9.17, 15) is 14.7 Å². The van der Waals surface area contributed by atoms with Crippen molar-refractivity contribution >= 4 is 17.4 Å². The lowest BCUT2D eigenvalue weighted by atomic mass is 9.94. The number of aliphatic hydroxyl groups is 1. The molecule has 1 N–H and O–H groups in total. The number of Topliss-reactive ketones (excluding diaryl/α,β-unsaturated/α-hetero) is 1. The summed E-state index contributed by atoms with van der Waals surface area (Å²) in [5.41, 5.74) is 2.42. The van der Waals surface area contributed by atoms with Crippen LogP contribution < -0.4 is 18.9 Å².